The van der Waals surface area contributed by atoms with E-state index in [0.717, 1.165) is 0 Å². The fraction of sp³-hybridized carbons (Fsp3) is 0.500. The molecule has 0 aliphatic rings. The number of nitrogens with two attached hydrogens (primary N) is 2. The maximum atomic E-state index is 11.4. The van der Waals surface area contributed by atoms with Crippen molar-refractivity contribution in [3.05, 3.63) is 27.7 Å². The molecule has 0 saturated carbocycles. The average molecular weight is 319 g/mol. The smallest absolute Gasteiger partial charge is 0.223 e. The van der Waals surface area contributed by atoms with Gasteiger partial charge in [0.25, 0.3) is 0 Å². The van der Waals surface area contributed by atoms with Crippen molar-refractivity contribution < 1.29 is 9.53 Å². The molecule has 0 aliphatic carbocycles. The lowest BCUT2D eigenvalue weighted by atomic mass is 9.83. The number of benzene rings is 1. The number of carbonyl (C=O) groups excluding carboxylic acids is 1. The topological polar surface area (TPSA) is 78.3 Å². The molecule has 0 aliphatic heterocycles. The van der Waals surface area contributed by atoms with E-state index in [4.69, 9.17) is 39.4 Å². The van der Waals surface area contributed by atoms with E-state index < -0.39 is 17.4 Å². The van der Waals surface area contributed by atoms with Crippen LogP contribution in [0.25, 0.3) is 0 Å². The van der Waals surface area contributed by atoms with Crippen LogP contribution < -0.4 is 16.2 Å². The molecule has 4 N–H and O–H groups in total. The second-order valence-corrected chi connectivity index (χ2v) is 6.11. The largest absolute Gasteiger partial charge is 0.492 e. The number of carbonyl (C=O) groups is 1. The van der Waals surface area contributed by atoms with Crippen molar-refractivity contribution in [2.75, 3.05) is 6.61 Å². The number of rotatable bonds is 6. The van der Waals surface area contributed by atoms with Gasteiger partial charge in [-0.05, 0) is 25.0 Å². The zero-order valence-corrected chi connectivity index (χ0v) is 13.4. The Labute approximate surface area is 129 Å². The first-order chi connectivity index (χ1) is 9.19. The molecule has 0 spiro atoms. The van der Waals surface area contributed by atoms with Crippen LogP contribution in [-0.4, -0.2) is 12.5 Å². The second-order valence-electron chi connectivity index (χ2n) is 5.30. The Morgan fingerprint density at radius 1 is 1.35 bits per heavy atom. The molecule has 6 heteroatoms. The highest BCUT2D eigenvalue weighted by Gasteiger charge is 2.29. The lowest BCUT2D eigenvalue weighted by molar-refractivity contribution is -0.126. The average Bonchev–Trinajstić information content (AvgIpc) is 2.32. The predicted molar refractivity (Wildman–Crippen MR) is 82.2 cm³/mol. The highest BCUT2D eigenvalue weighted by molar-refractivity contribution is 6.34. The van der Waals surface area contributed by atoms with Gasteiger partial charge in [-0.1, -0.05) is 37.0 Å². The van der Waals surface area contributed by atoms with Crippen molar-refractivity contribution in [2.24, 2.45) is 16.9 Å². The standard InChI is InChI=1S/C14H20Cl2N2O2/c1-4-20-12-6-9(15)8(5-10(12)16)11(17)7-14(2,3)13(18)19/h5-6,11H,4,7,17H2,1-3H3,(H2,18,19). The van der Waals surface area contributed by atoms with E-state index in [1.807, 2.05) is 6.92 Å². The quantitative estimate of drug-likeness (QED) is 0.844. The Morgan fingerprint density at radius 3 is 2.45 bits per heavy atom. The molecule has 112 valence electrons. The van der Waals surface area contributed by atoms with Gasteiger partial charge in [-0.25, -0.2) is 0 Å². The Morgan fingerprint density at radius 2 is 1.95 bits per heavy atom. The summed E-state index contributed by atoms with van der Waals surface area (Å²) in [5.41, 5.74) is 11.4. The number of ether oxygens (including phenoxy) is 1. The first-order valence-corrected chi connectivity index (χ1v) is 7.12. The molecule has 1 rings (SSSR count). The third-order valence-corrected chi connectivity index (χ3v) is 3.77. The van der Waals surface area contributed by atoms with Gasteiger partial charge in [-0.15, -0.1) is 0 Å². The summed E-state index contributed by atoms with van der Waals surface area (Å²) in [4.78, 5) is 11.4. The van der Waals surface area contributed by atoms with Crippen molar-refractivity contribution in [3.63, 3.8) is 0 Å². The molecule has 1 atom stereocenters. The van der Waals surface area contributed by atoms with Crippen LogP contribution in [0.2, 0.25) is 10.0 Å². The van der Waals surface area contributed by atoms with Crippen LogP contribution in [-0.2, 0) is 4.79 Å². The molecule has 1 aromatic carbocycles. The Hall–Kier alpha value is -0.970. The van der Waals surface area contributed by atoms with Crippen molar-refractivity contribution in [1.29, 1.82) is 0 Å². The first kappa shape index (κ1) is 17.1. The lowest BCUT2D eigenvalue weighted by Crippen LogP contribution is -2.34. The van der Waals surface area contributed by atoms with Crippen LogP contribution in [0.4, 0.5) is 0 Å². The number of halogens is 2. The minimum atomic E-state index is -0.714. The van der Waals surface area contributed by atoms with E-state index in [1.165, 1.54) is 0 Å². The van der Waals surface area contributed by atoms with Crippen molar-refractivity contribution >= 4 is 29.1 Å². The molecule has 1 unspecified atom stereocenters. The van der Waals surface area contributed by atoms with Crippen molar-refractivity contribution in [1.82, 2.24) is 0 Å². The zero-order chi connectivity index (χ0) is 15.5. The van der Waals surface area contributed by atoms with E-state index >= 15 is 0 Å². The van der Waals surface area contributed by atoms with Gasteiger partial charge < -0.3 is 16.2 Å². The number of hydrogen-bond acceptors (Lipinski definition) is 3. The summed E-state index contributed by atoms with van der Waals surface area (Å²) in [7, 11) is 0. The van der Waals surface area contributed by atoms with E-state index in [9.17, 15) is 4.79 Å². The normalized spacial score (nSPS) is 13.1. The molecule has 0 radical (unpaired) electrons. The zero-order valence-electron chi connectivity index (χ0n) is 11.9. The van der Waals surface area contributed by atoms with Crippen LogP contribution in [0.3, 0.4) is 0 Å². The van der Waals surface area contributed by atoms with E-state index in [-0.39, 0.29) is 0 Å². The summed E-state index contributed by atoms with van der Waals surface area (Å²) < 4.78 is 5.36. The SMILES string of the molecule is CCOc1cc(Cl)c(C(N)CC(C)(C)C(N)=O)cc1Cl. The number of hydrogen-bond donors (Lipinski definition) is 2. The molecule has 0 bridgehead atoms. The molecular formula is C14H20Cl2N2O2. The number of amides is 1. The maximum Gasteiger partial charge on any atom is 0.223 e. The van der Waals surface area contributed by atoms with E-state index in [0.29, 0.717) is 34.4 Å². The maximum absolute atomic E-state index is 11.4. The van der Waals surface area contributed by atoms with Gasteiger partial charge in [0, 0.05) is 22.5 Å². The minimum absolute atomic E-state index is 0.381. The van der Waals surface area contributed by atoms with Crippen LogP contribution >= 0.6 is 23.2 Å². The molecule has 0 fully saturated rings. The lowest BCUT2D eigenvalue weighted by Gasteiger charge is -2.25. The molecule has 20 heavy (non-hydrogen) atoms. The van der Waals surface area contributed by atoms with Crippen LogP contribution in [0, 0.1) is 5.41 Å². The third kappa shape index (κ3) is 4.01. The molecule has 4 nitrogen and oxygen atoms in total. The van der Waals surface area contributed by atoms with Gasteiger partial charge >= 0.3 is 0 Å². The second kappa shape index (κ2) is 6.66. The number of primary amides is 1. The molecule has 0 saturated heterocycles. The summed E-state index contributed by atoms with van der Waals surface area (Å²) in [5.74, 6) is 0.116. The van der Waals surface area contributed by atoms with Crippen LogP contribution in [0.5, 0.6) is 5.75 Å². The highest BCUT2D eigenvalue weighted by Crippen LogP contribution is 2.37. The predicted octanol–water partition coefficient (Wildman–Crippen LogP) is 3.29. The fourth-order valence-corrected chi connectivity index (χ4v) is 2.38. The van der Waals surface area contributed by atoms with Gasteiger partial charge in [-0.2, -0.15) is 0 Å². The van der Waals surface area contributed by atoms with Gasteiger partial charge in [0.05, 0.1) is 11.6 Å². The monoisotopic (exact) mass is 318 g/mol. The van der Waals surface area contributed by atoms with E-state index in [1.54, 1.807) is 26.0 Å². The molecule has 0 heterocycles. The molecule has 1 aromatic rings. The van der Waals surface area contributed by atoms with Gasteiger partial charge in [0.2, 0.25) is 5.91 Å². The van der Waals surface area contributed by atoms with Crippen molar-refractivity contribution in [3.8, 4) is 5.75 Å². The van der Waals surface area contributed by atoms with Gasteiger partial charge in [-0.3, -0.25) is 4.79 Å². The van der Waals surface area contributed by atoms with Gasteiger partial charge in [0.1, 0.15) is 5.75 Å². The summed E-state index contributed by atoms with van der Waals surface area (Å²) in [6.45, 7) is 5.86. The molecular weight excluding hydrogens is 299 g/mol. The molecule has 0 aromatic heterocycles. The summed E-state index contributed by atoms with van der Waals surface area (Å²) in [5, 5.41) is 0.907. The van der Waals surface area contributed by atoms with Crippen molar-refractivity contribution in [2.45, 2.75) is 33.2 Å². The Kier molecular flexibility index (Phi) is 5.68. The van der Waals surface area contributed by atoms with E-state index in [2.05, 4.69) is 0 Å². The summed E-state index contributed by atoms with van der Waals surface area (Å²) in [6.07, 6.45) is 0.381. The third-order valence-electron chi connectivity index (χ3n) is 3.15. The Balaban J connectivity index is 3.02. The first-order valence-electron chi connectivity index (χ1n) is 6.36. The molecule has 1 amide bonds. The summed E-state index contributed by atoms with van der Waals surface area (Å²) in [6, 6.07) is 2.88. The Bertz CT molecular complexity index is 504. The minimum Gasteiger partial charge on any atom is -0.492 e. The van der Waals surface area contributed by atoms with Crippen LogP contribution in [0.1, 0.15) is 38.8 Å². The summed E-state index contributed by atoms with van der Waals surface area (Å²) >= 11 is 12.3. The highest BCUT2D eigenvalue weighted by atomic mass is 35.5. The van der Waals surface area contributed by atoms with Gasteiger partial charge in [0.15, 0.2) is 0 Å². The fourth-order valence-electron chi connectivity index (χ4n) is 1.85. The van der Waals surface area contributed by atoms with Crippen LogP contribution in [0.15, 0.2) is 12.1 Å².